The van der Waals surface area contributed by atoms with Crippen LogP contribution in [0, 0.1) is 0 Å². The Morgan fingerprint density at radius 2 is 1.55 bits per heavy atom. The summed E-state index contributed by atoms with van der Waals surface area (Å²) in [5.74, 6) is 0.992. The van der Waals surface area contributed by atoms with Crippen LogP contribution in [0.4, 0.5) is 5.69 Å². The number of ether oxygens (including phenoxy) is 2. The molecule has 0 bridgehead atoms. The number of hydrogen-bond acceptors (Lipinski definition) is 4. The third-order valence-corrected chi connectivity index (χ3v) is 4.76. The minimum Gasteiger partial charge on any atom is -0.497 e. The maximum absolute atomic E-state index is 13.1. The molecule has 3 aromatic rings. The number of amides is 2. The van der Waals surface area contributed by atoms with E-state index in [0.717, 1.165) is 11.3 Å². The van der Waals surface area contributed by atoms with E-state index in [9.17, 15) is 9.59 Å². The van der Waals surface area contributed by atoms with Crippen molar-refractivity contribution < 1.29 is 19.1 Å². The number of nitrogens with zero attached hydrogens (tertiary/aromatic N) is 1. The number of carbonyl (C=O) groups excluding carboxylic acids is 2. The van der Waals surface area contributed by atoms with Crippen LogP contribution in [0.25, 0.3) is 0 Å². The summed E-state index contributed by atoms with van der Waals surface area (Å²) < 4.78 is 10.6. The molecule has 0 radical (unpaired) electrons. The molecule has 0 aromatic heterocycles. The lowest BCUT2D eigenvalue weighted by Gasteiger charge is -2.19. The van der Waals surface area contributed by atoms with Crippen LogP contribution >= 0.6 is 0 Å². The van der Waals surface area contributed by atoms with E-state index in [4.69, 9.17) is 9.47 Å². The van der Waals surface area contributed by atoms with Crippen molar-refractivity contribution >= 4 is 17.5 Å². The van der Waals surface area contributed by atoms with Crippen LogP contribution in [0.15, 0.2) is 72.8 Å². The number of para-hydroxylation sites is 1. The van der Waals surface area contributed by atoms with Gasteiger partial charge in [0.1, 0.15) is 11.5 Å². The second-order valence-electron chi connectivity index (χ2n) is 6.97. The molecular weight excluding hydrogens is 392 g/mol. The summed E-state index contributed by atoms with van der Waals surface area (Å²) >= 11 is 0. The first-order valence-corrected chi connectivity index (χ1v) is 10.0. The minimum atomic E-state index is -0.294. The summed E-state index contributed by atoms with van der Waals surface area (Å²) in [7, 11) is 3.31. The van der Waals surface area contributed by atoms with Crippen molar-refractivity contribution in [2.24, 2.45) is 0 Å². The Kier molecular flexibility index (Phi) is 7.27. The lowest BCUT2D eigenvalue weighted by atomic mass is 10.1. The third-order valence-electron chi connectivity index (χ3n) is 4.76. The zero-order chi connectivity index (χ0) is 22.2. The van der Waals surface area contributed by atoms with Crippen LogP contribution in [0.2, 0.25) is 0 Å². The first kappa shape index (κ1) is 21.9. The standard InChI is InChI=1S/C25H26N2O4/c1-4-31-21-13-9-18(10-14-21)17-27(2)25(29)22-7-5-6-8-23(22)26-24(28)19-11-15-20(30-3)16-12-19/h5-16H,4,17H2,1-3H3,(H,26,28). The summed E-state index contributed by atoms with van der Waals surface area (Å²) in [6, 6.07) is 21.4. The molecular formula is C25H26N2O4. The fourth-order valence-electron chi connectivity index (χ4n) is 3.12. The molecule has 1 N–H and O–H groups in total. The van der Waals surface area contributed by atoms with Crippen LogP contribution in [-0.4, -0.2) is 37.5 Å². The van der Waals surface area contributed by atoms with Gasteiger partial charge in [-0.15, -0.1) is 0 Å². The van der Waals surface area contributed by atoms with E-state index in [1.807, 2.05) is 31.2 Å². The highest BCUT2D eigenvalue weighted by Gasteiger charge is 2.18. The Morgan fingerprint density at radius 3 is 2.19 bits per heavy atom. The topological polar surface area (TPSA) is 67.9 Å². The van der Waals surface area contributed by atoms with Crippen LogP contribution in [0.1, 0.15) is 33.2 Å². The van der Waals surface area contributed by atoms with Gasteiger partial charge in [0, 0.05) is 19.2 Å². The lowest BCUT2D eigenvalue weighted by molar-refractivity contribution is 0.0786. The van der Waals surface area contributed by atoms with Crippen molar-refractivity contribution in [1.82, 2.24) is 4.90 Å². The highest BCUT2D eigenvalue weighted by molar-refractivity contribution is 6.09. The molecule has 0 saturated carbocycles. The second kappa shape index (κ2) is 10.3. The Hall–Kier alpha value is -3.80. The van der Waals surface area contributed by atoms with Crippen LogP contribution in [-0.2, 0) is 6.54 Å². The molecule has 6 heteroatoms. The van der Waals surface area contributed by atoms with Gasteiger partial charge in [-0.2, -0.15) is 0 Å². The molecule has 3 rings (SSSR count). The first-order chi connectivity index (χ1) is 15.0. The molecule has 3 aromatic carbocycles. The van der Waals surface area contributed by atoms with Crippen molar-refractivity contribution in [3.05, 3.63) is 89.5 Å². The Bertz CT molecular complexity index is 1030. The first-order valence-electron chi connectivity index (χ1n) is 10.0. The van der Waals surface area contributed by atoms with Crippen molar-refractivity contribution in [3.63, 3.8) is 0 Å². The average Bonchev–Trinajstić information content (AvgIpc) is 2.80. The molecule has 0 saturated heterocycles. The van der Waals surface area contributed by atoms with Crippen molar-refractivity contribution in [3.8, 4) is 11.5 Å². The monoisotopic (exact) mass is 418 g/mol. The predicted octanol–water partition coefficient (Wildman–Crippen LogP) is 4.62. The maximum Gasteiger partial charge on any atom is 0.256 e. The van der Waals surface area contributed by atoms with Gasteiger partial charge >= 0.3 is 0 Å². The van der Waals surface area contributed by atoms with Gasteiger partial charge in [0.2, 0.25) is 0 Å². The smallest absolute Gasteiger partial charge is 0.256 e. The van der Waals surface area contributed by atoms with Gasteiger partial charge < -0.3 is 19.7 Å². The molecule has 160 valence electrons. The number of hydrogen-bond donors (Lipinski definition) is 1. The second-order valence-corrected chi connectivity index (χ2v) is 6.97. The molecule has 31 heavy (non-hydrogen) atoms. The van der Waals surface area contributed by atoms with Gasteiger partial charge in [0.15, 0.2) is 0 Å². The number of anilines is 1. The van der Waals surface area contributed by atoms with E-state index in [0.29, 0.717) is 35.7 Å². The molecule has 0 heterocycles. The number of benzene rings is 3. The Balaban J connectivity index is 1.71. The Labute approximate surface area is 182 Å². The van der Waals surface area contributed by atoms with Crippen LogP contribution in [0.3, 0.4) is 0 Å². The maximum atomic E-state index is 13.1. The molecule has 0 unspecified atom stereocenters. The van der Waals surface area contributed by atoms with E-state index in [-0.39, 0.29) is 11.8 Å². The Morgan fingerprint density at radius 1 is 0.903 bits per heavy atom. The molecule has 2 amide bonds. The lowest BCUT2D eigenvalue weighted by Crippen LogP contribution is -2.27. The highest BCUT2D eigenvalue weighted by Crippen LogP contribution is 2.20. The number of rotatable bonds is 8. The van der Waals surface area contributed by atoms with Gasteiger partial charge in [-0.25, -0.2) is 0 Å². The fraction of sp³-hybridized carbons (Fsp3) is 0.200. The number of methoxy groups -OCH3 is 1. The van der Waals surface area contributed by atoms with E-state index in [2.05, 4.69) is 5.32 Å². The van der Waals surface area contributed by atoms with Crippen LogP contribution < -0.4 is 14.8 Å². The molecule has 0 spiro atoms. The molecule has 0 fully saturated rings. The van der Waals surface area contributed by atoms with E-state index < -0.39 is 0 Å². The summed E-state index contributed by atoms with van der Waals surface area (Å²) in [5.41, 5.74) is 2.36. The summed E-state index contributed by atoms with van der Waals surface area (Å²) in [5, 5.41) is 2.84. The highest BCUT2D eigenvalue weighted by atomic mass is 16.5. The zero-order valence-electron chi connectivity index (χ0n) is 17.9. The van der Waals surface area contributed by atoms with Gasteiger partial charge in [-0.1, -0.05) is 24.3 Å². The predicted molar refractivity (Wildman–Crippen MR) is 121 cm³/mol. The summed E-state index contributed by atoms with van der Waals surface area (Å²) in [4.78, 5) is 27.3. The molecule has 0 aliphatic rings. The van der Waals surface area contributed by atoms with Crippen molar-refractivity contribution in [1.29, 1.82) is 0 Å². The zero-order valence-corrected chi connectivity index (χ0v) is 17.9. The largest absolute Gasteiger partial charge is 0.497 e. The van der Waals surface area contributed by atoms with Crippen molar-refractivity contribution in [2.45, 2.75) is 13.5 Å². The SMILES string of the molecule is CCOc1ccc(CN(C)C(=O)c2ccccc2NC(=O)c2ccc(OC)cc2)cc1. The molecule has 0 aliphatic carbocycles. The van der Waals surface area contributed by atoms with E-state index in [1.54, 1.807) is 67.6 Å². The average molecular weight is 418 g/mol. The normalized spacial score (nSPS) is 10.3. The van der Waals surface area contributed by atoms with E-state index in [1.165, 1.54) is 0 Å². The number of nitrogens with one attached hydrogen (secondary N) is 1. The van der Waals surface area contributed by atoms with Gasteiger partial charge in [-0.05, 0) is 61.0 Å². The van der Waals surface area contributed by atoms with Gasteiger partial charge in [0.25, 0.3) is 11.8 Å². The molecule has 6 nitrogen and oxygen atoms in total. The summed E-state index contributed by atoms with van der Waals surface area (Å²) in [6.07, 6.45) is 0. The van der Waals surface area contributed by atoms with Gasteiger partial charge in [0.05, 0.1) is 25.0 Å². The molecule has 0 aliphatic heterocycles. The van der Waals surface area contributed by atoms with Crippen LogP contribution in [0.5, 0.6) is 11.5 Å². The third kappa shape index (κ3) is 5.63. The molecule has 0 atom stereocenters. The van der Waals surface area contributed by atoms with Crippen molar-refractivity contribution in [2.75, 3.05) is 26.1 Å². The van der Waals surface area contributed by atoms with Gasteiger partial charge in [-0.3, -0.25) is 9.59 Å². The summed E-state index contributed by atoms with van der Waals surface area (Å²) in [6.45, 7) is 2.98. The number of carbonyl (C=O) groups is 2. The minimum absolute atomic E-state index is 0.181. The fourth-order valence-corrected chi connectivity index (χ4v) is 3.12. The quantitative estimate of drug-likeness (QED) is 0.580. The van der Waals surface area contributed by atoms with E-state index >= 15 is 0 Å².